The maximum absolute atomic E-state index is 12.7. The first-order chi connectivity index (χ1) is 12.6. The number of thioether (sulfide) groups is 1. The third kappa shape index (κ3) is 3.87. The van der Waals surface area contributed by atoms with E-state index in [0.717, 1.165) is 30.2 Å². The standard InChI is InChI=1S/C19H18ClN3OS2/c1-12(18(24)13-4-2-5-14(20)10-13)26-19-22-21-17(23(19)15-7-8-15)11-16-6-3-9-25-16/h2-6,9-10,12,15H,7-8,11H2,1H3. The van der Waals surface area contributed by atoms with Gasteiger partial charge in [0.2, 0.25) is 0 Å². The number of halogens is 1. The molecule has 134 valence electrons. The van der Waals surface area contributed by atoms with Crippen molar-refractivity contribution in [1.29, 1.82) is 0 Å². The molecule has 1 aromatic carbocycles. The van der Waals surface area contributed by atoms with Crippen LogP contribution in [-0.4, -0.2) is 25.8 Å². The normalized spacial score (nSPS) is 15.2. The molecule has 2 aromatic heterocycles. The lowest BCUT2D eigenvalue weighted by molar-refractivity contribution is 0.0994. The van der Waals surface area contributed by atoms with E-state index < -0.39 is 0 Å². The summed E-state index contributed by atoms with van der Waals surface area (Å²) in [5.41, 5.74) is 0.633. The third-order valence-electron chi connectivity index (χ3n) is 4.32. The lowest BCUT2D eigenvalue weighted by Gasteiger charge is -2.12. The van der Waals surface area contributed by atoms with E-state index in [4.69, 9.17) is 11.6 Å². The summed E-state index contributed by atoms with van der Waals surface area (Å²) < 4.78 is 2.23. The Morgan fingerprint density at radius 2 is 2.19 bits per heavy atom. The first-order valence-electron chi connectivity index (χ1n) is 8.54. The van der Waals surface area contributed by atoms with Crippen molar-refractivity contribution in [3.05, 3.63) is 63.1 Å². The van der Waals surface area contributed by atoms with Crippen molar-refractivity contribution < 1.29 is 4.79 Å². The molecule has 0 bridgehead atoms. The Kier molecular flexibility index (Phi) is 5.16. The fourth-order valence-electron chi connectivity index (χ4n) is 2.86. The quantitative estimate of drug-likeness (QED) is 0.397. The highest BCUT2D eigenvalue weighted by molar-refractivity contribution is 8.00. The topological polar surface area (TPSA) is 47.8 Å². The van der Waals surface area contributed by atoms with Crippen LogP contribution in [-0.2, 0) is 6.42 Å². The molecular formula is C19H18ClN3OS2. The Bertz CT molecular complexity index is 919. The van der Waals surface area contributed by atoms with Crippen molar-refractivity contribution in [2.45, 2.75) is 42.6 Å². The van der Waals surface area contributed by atoms with Gasteiger partial charge in [0.25, 0.3) is 0 Å². The number of carbonyl (C=O) groups is 1. The zero-order chi connectivity index (χ0) is 18.1. The van der Waals surface area contributed by atoms with Gasteiger partial charge >= 0.3 is 0 Å². The van der Waals surface area contributed by atoms with Crippen molar-refractivity contribution in [3.63, 3.8) is 0 Å². The van der Waals surface area contributed by atoms with Crippen LogP contribution in [0.15, 0.2) is 46.9 Å². The summed E-state index contributed by atoms with van der Waals surface area (Å²) in [4.78, 5) is 14.0. The zero-order valence-electron chi connectivity index (χ0n) is 14.3. The molecule has 0 amide bonds. The van der Waals surface area contributed by atoms with Crippen LogP contribution >= 0.6 is 34.7 Å². The number of nitrogens with zero attached hydrogens (tertiary/aromatic N) is 3. The van der Waals surface area contributed by atoms with Crippen LogP contribution in [0.5, 0.6) is 0 Å². The number of carbonyl (C=O) groups excluding carboxylic acids is 1. The average molecular weight is 404 g/mol. The smallest absolute Gasteiger partial charge is 0.192 e. The molecule has 1 aliphatic rings. The first-order valence-corrected chi connectivity index (χ1v) is 10.7. The summed E-state index contributed by atoms with van der Waals surface area (Å²) in [7, 11) is 0. The highest BCUT2D eigenvalue weighted by Crippen LogP contribution is 2.40. The van der Waals surface area contributed by atoms with E-state index in [0.29, 0.717) is 16.6 Å². The van der Waals surface area contributed by atoms with Gasteiger partial charge in [0.1, 0.15) is 5.82 Å². The maximum atomic E-state index is 12.7. The minimum absolute atomic E-state index is 0.0580. The summed E-state index contributed by atoms with van der Waals surface area (Å²) in [6, 6.07) is 11.7. The molecule has 1 aliphatic carbocycles. The predicted molar refractivity (Wildman–Crippen MR) is 107 cm³/mol. The van der Waals surface area contributed by atoms with Crippen LogP contribution in [0.1, 0.15) is 46.9 Å². The number of ketones is 1. The number of thiophene rings is 1. The molecule has 3 aromatic rings. The second kappa shape index (κ2) is 7.55. The molecule has 0 aliphatic heterocycles. The van der Waals surface area contributed by atoms with Crippen molar-refractivity contribution >= 4 is 40.5 Å². The average Bonchev–Trinajstić information content (AvgIpc) is 3.19. The van der Waals surface area contributed by atoms with Crippen LogP contribution in [0, 0.1) is 0 Å². The SMILES string of the molecule is CC(Sc1nnc(Cc2cccs2)n1C1CC1)C(=O)c1cccc(Cl)c1. The summed E-state index contributed by atoms with van der Waals surface area (Å²) >= 11 is 9.23. The number of Topliss-reactive ketones (excluding diaryl/α,β-unsaturated/α-hetero) is 1. The van der Waals surface area contributed by atoms with E-state index in [-0.39, 0.29) is 11.0 Å². The molecule has 1 fully saturated rings. The summed E-state index contributed by atoms with van der Waals surface area (Å²) in [6.45, 7) is 1.92. The molecule has 4 nitrogen and oxygen atoms in total. The van der Waals surface area contributed by atoms with Gasteiger partial charge in [-0.3, -0.25) is 4.79 Å². The fourth-order valence-corrected chi connectivity index (χ4v) is 4.77. The van der Waals surface area contributed by atoms with Gasteiger partial charge in [0.05, 0.1) is 5.25 Å². The largest absolute Gasteiger partial charge is 0.303 e. The van der Waals surface area contributed by atoms with Crippen LogP contribution in [0.25, 0.3) is 0 Å². The molecule has 1 saturated carbocycles. The van der Waals surface area contributed by atoms with Crippen LogP contribution in [0.3, 0.4) is 0 Å². The highest BCUT2D eigenvalue weighted by Gasteiger charge is 2.31. The monoisotopic (exact) mass is 403 g/mol. The second-order valence-electron chi connectivity index (χ2n) is 6.39. The van der Waals surface area contributed by atoms with E-state index in [2.05, 4.69) is 32.3 Å². The number of aromatic nitrogens is 3. The van der Waals surface area contributed by atoms with E-state index >= 15 is 0 Å². The third-order valence-corrected chi connectivity index (χ3v) is 6.49. The number of hydrogen-bond donors (Lipinski definition) is 0. The molecular weight excluding hydrogens is 386 g/mol. The van der Waals surface area contributed by atoms with Gasteiger partial charge in [-0.05, 0) is 43.3 Å². The van der Waals surface area contributed by atoms with E-state index in [1.165, 1.54) is 16.6 Å². The van der Waals surface area contributed by atoms with Gasteiger partial charge in [-0.1, -0.05) is 41.6 Å². The Hall–Kier alpha value is -1.63. The lowest BCUT2D eigenvalue weighted by Crippen LogP contribution is -2.15. The van der Waals surface area contributed by atoms with Crippen LogP contribution in [0.2, 0.25) is 5.02 Å². The minimum Gasteiger partial charge on any atom is -0.303 e. The second-order valence-corrected chi connectivity index (χ2v) is 9.17. The Balaban J connectivity index is 1.54. The molecule has 4 rings (SSSR count). The molecule has 1 unspecified atom stereocenters. The molecule has 2 heterocycles. The van der Waals surface area contributed by atoms with Gasteiger partial charge in [-0.25, -0.2) is 0 Å². The van der Waals surface area contributed by atoms with Crippen molar-refractivity contribution in [2.75, 3.05) is 0 Å². The van der Waals surface area contributed by atoms with Crippen LogP contribution in [0.4, 0.5) is 0 Å². The van der Waals surface area contributed by atoms with Crippen molar-refractivity contribution in [1.82, 2.24) is 14.8 Å². The van der Waals surface area contributed by atoms with E-state index in [1.54, 1.807) is 35.6 Å². The molecule has 26 heavy (non-hydrogen) atoms. The van der Waals surface area contributed by atoms with Crippen LogP contribution < -0.4 is 0 Å². The first kappa shape index (κ1) is 17.8. The Morgan fingerprint density at radius 1 is 1.35 bits per heavy atom. The van der Waals surface area contributed by atoms with E-state index in [9.17, 15) is 4.79 Å². The Morgan fingerprint density at radius 3 is 2.88 bits per heavy atom. The Labute approximate surface area is 165 Å². The van der Waals surface area contributed by atoms with E-state index in [1.807, 2.05) is 6.92 Å². The summed E-state index contributed by atoms with van der Waals surface area (Å²) in [6.07, 6.45) is 3.09. The van der Waals surface area contributed by atoms with Gasteiger partial charge in [-0.15, -0.1) is 21.5 Å². The molecule has 0 N–H and O–H groups in total. The molecule has 7 heteroatoms. The predicted octanol–water partition coefficient (Wildman–Crippen LogP) is 5.28. The summed E-state index contributed by atoms with van der Waals surface area (Å²) in [5, 5.41) is 12.1. The van der Waals surface area contributed by atoms with Gasteiger partial charge in [0, 0.05) is 27.9 Å². The van der Waals surface area contributed by atoms with Gasteiger partial charge in [0.15, 0.2) is 10.9 Å². The van der Waals surface area contributed by atoms with Crippen molar-refractivity contribution in [3.8, 4) is 0 Å². The number of benzene rings is 1. The maximum Gasteiger partial charge on any atom is 0.192 e. The van der Waals surface area contributed by atoms with Gasteiger partial charge in [-0.2, -0.15) is 0 Å². The highest BCUT2D eigenvalue weighted by atomic mass is 35.5. The zero-order valence-corrected chi connectivity index (χ0v) is 16.7. The number of rotatable bonds is 7. The molecule has 1 atom stereocenters. The fraction of sp³-hybridized carbons (Fsp3) is 0.316. The lowest BCUT2D eigenvalue weighted by atomic mass is 10.1. The summed E-state index contributed by atoms with van der Waals surface area (Å²) in [5.74, 6) is 1.04. The minimum atomic E-state index is -0.246. The molecule has 0 radical (unpaired) electrons. The van der Waals surface area contributed by atoms with Crippen molar-refractivity contribution in [2.24, 2.45) is 0 Å². The van der Waals surface area contributed by atoms with Gasteiger partial charge < -0.3 is 4.57 Å². The molecule has 0 spiro atoms. The molecule has 0 saturated heterocycles. The number of hydrogen-bond acceptors (Lipinski definition) is 5.